The third-order valence-corrected chi connectivity index (χ3v) is 3.85. The molecule has 1 N–H and O–H groups in total. The van der Waals surface area contributed by atoms with E-state index in [1.54, 1.807) is 19.9 Å². The summed E-state index contributed by atoms with van der Waals surface area (Å²) >= 11 is 3.24. The third kappa shape index (κ3) is 2.58. The smallest absolute Gasteiger partial charge is 0.138 e. The average molecular weight is 300 g/mol. The van der Waals surface area contributed by atoms with Gasteiger partial charge in [-0.05, 0) is 48.7 Å². The van der Waals surface area contributed by atoms with E-state index in [9.17, 15) is 9.50 Å². The van der Waals surface area contributed by atoms with Crippen LogP contribution in [-0.2, 0) is 0 Å². The Balaban J connectivity index is 2.34. The number of aliphatic imine (C=N–C) groups is 1. The maximum absolute atomic E-state index is 13.4. The minimum atomic E-state index is -0.818. The third-order valence-electron chi connectivity index (χ3n) is 3.04. The molecule has 17 heavy (non-hydrogen) atoms. The first kappa shape index (κ1) is 12.7. The largest absolute Gasteiger partial charge is 0.388 e. The monoisotopic (exact) mass is 299 g/mol. The number of nitrogens with zero attached hydrogens (tertiary/aromatic N) is 1. The van der Waals surface area contributed by atoms with Gasteiger partial charge in [-0.3, -0.25) is 4.99 Å². The molecule has 0 amide bonds. The second kappa shape index (κ2) is 4.50. The lowest BCUT2D eigenvalue weighted by atomic mass is 9.97. The normalized spacial score (nSPS) is 20.5. The standard InChI is InChI=1S/C13H15BrFNO/c1-13(2,17)11-7-6-10(16-11)8-4-3-5-9(15)12(8)14/h3-5,11,17H,6-7H2,1-2H3/t11-/m1/s1. The van der Waals surface area contributed by atoms with E-state index in [4.69, 9.17) is 0 Å². The molecule has 0 spiro atoms. The molecule has 0 bridgehead atoms. The number of rotatable bonds is 2. The Morgan fingerprint density at radius 1 is 1.47 bits per heavy atom. The second-order valence-corrected chi connectivity index (χ2v) is 5.68. The molecule has 0 saturated carbocycles. The van der Waals surface area contributed by atoms with Crippen LogP contribution < -0.4 is 0 Å². The summed E-state index contributed by atoms with van der Waals surface area (Å²) < 4.78 is 13.9. The van der Waals surface area contributed by atoms with Gasteiger partial charge >= 0.3 is 0 Å². The molecule has 2 nitrogen and oxygen atoms in total. The van der Waals surface area contributed by atoms with Gasteiger partial charge in [0.2, 0.25) is 0 Å². The second-order valence-electron chi connectivity index (χ2n) is 4.89. The molecule has 0 aliphatic carbocycles. The molecule has 0 radical (unpaired) electrons. The van der Waals surface area contributed by atoms with Crippen molar-refractivity contribution >= 4 is 21.6 Å². The zero-order valence-electron chi connectivity index (χ0n) is 9.87. The Kier molecular flexibility index (Phi) is 3.36. The summed E-state index contributed by atoms with van der Waals surface area (Å²) in [6.45, 7) is 3.51. The molecular formula is C13H15BrFNO. The molecule has 92 valence electrons. The Labute approximate surface area is 109 Å². The molecule has 1 atom stereocenters. The van der Waals surface area contributed by atoms with E-state index >= 15 is 0 Å². The van der Waals surface area contributed by atoms with Gasteiger partial charge in [0.1, 0.15) is 5.82 Å². The lowest BCUT2D eigenvalue weighted by molar-refractivity contribution is 0.0535. The highest BCUT2D eigenvalue weighted by Gasteiger charge is 2.31. The molecule has 2 rings (SSSR count). The van der Waals surface area contributed by atoms with Crippen molar-refractivity contribution in [2.24, 2.45) is 4.99 Å². The molecule has 1 heterocycles. The average Bonchev–Trinajstić information content (AvgIpc) is 2.70. The number of hydrogen-bond donors (Lipinski definition) is 1. The van der Waals surface area contributed by atoms with E-state index < -0.39 is 5.60 Å². The van der Waals surface area contributed by atoms with Gasteiger partial charge in [0.15, 0.2) is 0 Å². The van der Waals surface area contributed by atoms with Crippen molar-refractivity contribution in [3.63, 3.8) is 0 Å². The maximum Gasteiger partial charge on any atom is 0.138 e. The van der Waals surface area contributed by atoms with E-state index in [0.717, 1.165) is 24.1 Å². The summed E-state index contributed by atoms with van der Waals surface area (Å²) in [6, 6.07) is 4.83. The van der Waals surface area contributed by atoms with Crippen LogP contribution in [0, 0.1) is 5.82 Å². The van der Waals surface area contributed by atoms with E-state index in [0.29, 0.717) is 4.47 Å². The van der Waals surface area contributed by atoms with Crippen molar-refractivity contribution in [2.75, 3.05) is 0 Å². The van der Waals surface area contributed by atoms with Gasteiger partial charge in [0.25, 0.3) is 0 Å². The molecular weight excluding hydrogens is 285 g/mol. The lowest BCUT2D eigenvalue weighted by Gasteiger charge is -2.22. The molecule has 0 aromatic heterocycles. The van der Waals surface area contributed by atoms with Crippen LogP contribution >= 0.6 is 15.9 Å². The van der Waals surface area contributed by atoms with Gasteiger partial charge in [0, 0.05) is 11.3 Å². The SMILES string of the molecule is CC(C)(O)[C@H]1CCC(c2cccc(F)c2Br)=N1. The van der Waals surface area contributed by atoms with Gasteiger partial charge in [-0.1, -0.05) is 12.1 Å². The Morgan fingerprint density at radius 2 is 2.18 bits per heavy atom. The number of hydrogen-bond acceptors (Lipinski definition) is 2. The highest BCUT2D eigenvalue weighted by atomic mass is 79.9. The number of aliphatic hydroxyl groups is 1. The van der Waals surface area contributed by atoms with Gasteiger partial charge in [-0.25, -0.2) is 4.39 Å². The van der Waals surface area contributed by atoms with Crippen LogP contribution in [0.5, 0.6) is 0 Å². The minimum Gasteiger partial charge on any atom is -0.388 e. The van der Waals surface area contributed by atoms with Crippen LogP contribution in [0.4, 0.5) is 4.39 Å². The fraction of sp³-hybridized carbons (Fsp3) is 0.462. The highest BCUT2D eigenvalue weighted by molar-refractivity contribution is 9.10. The first-order chi connectivity index (χ1) is 7.89. The fourth-order valence-corrected chi connectivity index (χ4v) is 2.53. The molecule has 4 heteroatoms. The first-order valence-electron chi connectivity index (χ1n) is 5.63. The van der Waals surface area contributed by atoms with Crippen LogP contribution in [0.1, 0.15) is 32.3 Å². The molecule has 1 aromatic carbocycles. The minimum absolute atomic E-state index is 0.104. The molecule has 1 aliphatic rings. The van der Waals surface area contributed by atoms with Gasteiger partial charge < -0.3 is 5.11 Å². The van der Waals surface area contributed by atoms with Gasteiger partial charge in [-0.15, -0.1) is 0 Å². The maximum atomic E-state index is 13.4. The van der Waals surface area contributed by atoms with E-state index in [-0.39, 0.29) is 11.9 Å². The van der Waals surface area contributed by atoms with Crippen LogP contribution in [-0.4, -0.2) is 22.5 Å². The molecule has 0 fully saturated rings. The quantitative estimate of drug-likeness (QED) is 0.893. The van der Waals surface area contributed by atoms with Crippen molar-refractivity contribution in [3.8, 4) is 0 Å². The van der Waals surface area contributed by atoms with Crippen molar-refractivity contribution < 1.29 is 9.50 Å². The summed E-state index contributed by atoms with van der Waals surface area (Å²) in [5.74, 6) is -0.281. The van der Waals surface area contributed by atoms with Crippen LogP contribution in [0.15, 0.2) is 27.7 Å². The van der Waals surface area contributed by atoms with E-state index in [1.807, 2.05) is 6.07 Å². The van der Waals surface area contributed by atoms with Gasteiger partial charge in [0.05, 0.1) is 16.1 Å². The number of benzene rings is 1. The Hall–Kier alpha value is -0.740. The lowest BCUT2D eigenvalue weighted by Crippen LogP contribution is -2.32. The number of halogens is 2. The van der Waals surface area contributed by atoms with Crippen molar-refractivity contribution in [1.82, 2.24) is 0 Å². The predicted molar refractivity (Wildman–Crippen MR) is 70.0 cm³/mol. The summed E-state index contributed by atoms with van der Waals surface area (Å²) in [7, 11) is 0. The summed E-state index contributed by atoms with van der Waals surface area (Å²) in [5, 5.41) is 9.91. The fourth-order valence-electron chi connectivity index (χ4n) is 2.03. The predicted octanol–water partition coefficient (Wildman–Crippen LogP) is 3.31. The van der Waals surface area contributed by atoms with E-state index in [1.165, 1.54) is 6.07 Å². The van der Waals surface area contributed by atoms with Crippen molar-refractivity contribution in [2.45, 2.75) is 38.3 Å². The zero-order chi connectivity index (χ0) is 12.6. The Bertz CT molecular complexity index is 465. The zero-order valence-corrected chi connectivity index (χ0v) is 11.5. The van der Waals surface area contributed by atoms with E-state index in [2.05, 4.69) is 20.9 Å². The first-order valence-corrected chi connectivity index (χ1v) is 6.42. The van der Waals surface area contributed by atoms with Crippen LogP contribution in [0.3, 0.4) is 0 Å². The topological polar surface area (TPSA) is 32.6 Å². The molecule has 1 aromatic rings. The van der Waals surface area contributed by atoms with Crippen LogP contribution in [0.25, 0.3) is 0 Å². The van der Waals surface area contributed by atoms with Crippen molar-refractivity contribution in [3.05, 3.63) is 34.1 Å². The summed E-state index contributed by atoms with van der Waals surface area (Å²) in [5.41, 5.74) is 0.835. The molecule has 1 aliphatic heterocycles. The van der Waals surface area contributed by atoms with Crippen LogP contribution in [0.2, 0.25) is 0 Å². The Morgan fingerprint density at radius 3 is 2.76 bits per heavy atom. The summed E-state index contributed by atoms with van der Waals surface area (Å²) in [4.78, 5) is 4.50. The summed E-state index contributed by atoms with van der Waals surface area (Å²) in [6.07, 6.45) is 1.58. The molecule has 0 saturated heterocycles. The van der Waals surface area contributed by atoms with Gasteiger partial charge in [-0.2, -0.15) is 0 Å². The highest BCUT2D eigenvalue weighted by Crippen LogP contribution is 2.30. The molecule has 0 unspecified atom stereocenters. The van der Waals surface area contributed by atoms with Crippen molar-refractivity contribution in [1.29, 1.82) is 0 Å².